The predicted octanol–water partition coefficient (Wildman–Crippen LogP) is 2.14. The van der Waals surface area contributed by atoms with Gasteiger partial charge in [0.1, 0.15) is 5.75 Å². The van der Waals surface area contributed by atoms with E-state index in [9.17, 15) is 0 Å². The van der Waals surface area contributed by atoms with Crippen molar-refractivity contribution >= 4 is 0 Å². The second-order valence-corrected chi connectivity index (χ2v) is 5.12. The first-order valence-electron chi connectivity index (χ1n) is 6.79. The largest absolute Gasteiger partial charge is 0.497 e. The van der Waals surface area contributed by atoms with Crippen LogP contribution in [0.15, 0.2) is 24.3 Å². The Balaban J connectivity index is 2.01. The predicted molar refractivity (Wildman–Crippen MR) is 74.3 cm³/mol. The first-order chi connectivity index (χ1) is 9.20. The summed E-state index contributed by atoms with van der Waals surface area (Å²) in [5.74, 6) is 1.32. The van der Waals surface area contributed by atoms with Crippen LogP contribution < -0.4 is 10.5 Å². The van der Waals surface area contributed by atoms with E-state index in [1.54, 1.807) is 7.11 Å². The summed E-state index contributed by atoms with van der Waals surface area (Å²) in [7, 11) is 1.66. The average molecular weight is 265 g/mol. The molecule has 1 fully saturated rings. The summed E-state index contributed by atoms with van der Waals surface area (Å²) in [6, 6.07) is 7.84. The van der Waals surface area contributed by atoms with Gasteiger partial charge in [0.25, 0.3) is 0 Å². The van der Waals surface area contributed by atoms with Crippen LogP contribution in [0.5, 0.6) is 5.75 Å². The van der Waals surface area contributed by atoms with E-state index >= 15 is 0 Å². The zero-order chi connectivity index (χ0) is 13.7. The van der Waals surface area contributed by atoms with E-state index in [2.05, 4.69) is 0 Å². The van der Waals surface area contributed by atoms with Gasteiger partial charge in [-0.2, -0.15) is 0 Å². The van der Waals surface area contributed by atoms with E-state index < -0.39 is 0 Å². The molecule has 0 spiro atoms. The summed E-state index contributed by atoms with van der Waals surface area (Å²) >= 11 is 0. The van der Waals surface area contributed by atoms with Crippen molar-refractivity contribution in [3.63, 3.8) is 0 Å². The fourth-order valence-corrected chi connectivity index (χ4v) is 2.32. The second kappa shape index (κ2) is 6.89. The number of hydrogen-bond donors (Lipinski definition) is 1. The van der Waals surface area contributed by atoms with Crippen molar-refractivity contribution in [3.05, 3.63) is 29.8 Å². The third-order valence-corrected chi connectivity index (χ3v) is 3.44. The Morgan fingerprint density at radius 1 is 1.47 bits per heavy atom. The van der Waals surface area contributed by atoms with Crippen LogP contribution in [-0.4, -0.2) is 33.0 Å². The Bertz CT molecular complexity index is 389. The first-order valence-corrected chi connectivity index (χ1v) is 6.79. The number of hydrogen-bond acceptors (Lipinski definition) is 4. The summed E-state index contributed by atoms with van der Waals surface area (Å²) in [5.41, 5.74) is 7.11. The molecule has 4 heteroatoms. The maximum atomic E-state index is 6.05. The van der Waals surface area contributed by atoms with Gasteiger partial charge in [-0.25, -0.2) is 0 Å². The van der Waals surface area contributed by atoms with Crippen LogP contribution in [0.4, 0.5) is 0 Å². The Labute approximate surface area is 114 Å². The van der Waals surface area contributed by atoms with Crippen LogP contribution in [0.1, 0.15) is 25.0 Å². The van der Waals surface area contributed by atoms with Gasteiger partial charge in [0.05, 0.1) is 26.4 Å². The summed E-state index contributed by atoms with van der Waals surface area (Å²) in [5, 5.41) is 0. The lowest BCUT2D eigenvalue weighted by Gasteiger charge is -2.23. The summed E-state index contributed by atoms with van der Waals surface area (Å²) in [6.07, 6.45) is 0.972. The fraction of sp³-hybridized carbons (Fsp3) is 0.600. The van der Waals surface area contributed by atoms with E-state index in [4.69, 9.17) is 19.9 Å². The Morgan fingerprint density at radius 2 is 2.32 bits per heavy atom. The summed E-state index contributed by atoms with van der Waals surface area (Å²) in [6.45, 7) is 4.30. The molecule has 0 radical (unpaired) electrons. The standard InChI is InChI=1S/C15H23NO3/c1-11(16)15(19-10-12-6-7-18-9-12)13-4-3-5-14(8-13)17-2/h3-5,8,11-12,15H,6-7,9-10,16H2,1-2H3. The lowest BCUT2D eigenvalue weighted by molar-refractivity contribution is 0.0133. The van der Waals surface area contributed by atoms with Crippen molar-refractivity contribution in [1.82, 2.24) is 0 Å². The first kappa shape index (κ1) is 14.3. The van der Waals surface area contributed by atoms with Crippen molar-refractivity contribution < 1.29 is 14.2 Å². The minimum absolute atomic E-state index is 0.0607. The smallest absolute Gasteiger partial charge is 0.119 e. The molecular weight excluding hydrogens is 242 g/mol. The molecule has 3 unspecified atom stereocenters. The number of benzene rings is 1. The Morgan fingerprint density at radius 3 is 2.95 bits per heavy atom. The third-order valence-electron chi connectivity index (χ3n) is 3.44. The molecule has 19 heavy (non-hydrogen) atoms. The summed E-state index contributed by atoms with van der Waals surface area (Å²) < 4.78 is 16.6. The van der Waals surface area contributed by atoms with Gasteiger partial charge < -0.3 is 19.9 Å². The van der Waals surface area contributed by atoms with Crippen molar-refractivity contribution in [2.24, 2.45) is 11.7 Å². The molecule has 1 aliphatic rings. The molecular formula is C15H23NO3. The van der Waals surface area contributed by atoms with Gasteiger partial charge in [-0.1, -0.05) is 12.1 Å². The molecule has 1 aromatic rings. The van der Waals surface area contributed by atoms with Crippen molar-refractivity contribution in [2.75, 3.05) is 26.9 Å². The quantitative estimate of drug-likeness (QED) is 0.856. The van der Waals surface area contributed by atoms with E-state index in [0.29, 0.717) is 12.5 Å². The maximum absolute atomic E-state index is 6.05. The third kappa shape index (κ3) is 3.93. The van der Waals surface area contributed by atoms with Gasteiger partial charge in [0.15, 0.2) is 0 Å². The average Bonchev–Trinajstić information content (AvgIpc) is 2.92. The molecule has 2 N–H and O–H groups in total. The molecule has 0 amide bonds. The SMILES string of the molecule is COc1cccc(C(OCC2CCOC2)C(C)N)c1. The zero-order valence-corrected chi connectivity index (χ0v) is 11.7. The molecule has 4 nitrogen and oxygen atoms in total. The molecule has 1 aromatic carbocycles. The molecule has 1 saturated heterocycles. The van der Waals surface area contributed by atoms with E-state index in [1.165, 1.54) is 0 Å². The van der Waals surface area contributed by atoms with Gasteiger partial charge >= 0.3 is 0 Å². The number of rotatable bonds is 6. The lowest BCUT2D eigenvalue weighted by atomic mass is 10.0. The molecule has 106 valence electrons. The number of methoxy groups -OCH3 is 1. The topological polar surface area (TPSA) is 53.7 Å². The molecule has 0 aromatic heterocycles. The van der Waals surface area contributed by atoms with Crippen molar-refractivity contribution in [2.45, 2.75) is 25.5 Å². The summed E-state index contributed by atoms with van der Waals surface area (Å²) in [4.78, 5) is 0. The maximum Gasteiger partial charge on any atom is 0.119 e. The minimum Gasteiger partial charge on any atom is -0.497 e. The highest BCUT2D eigenvalue weighted by Gasteiger charge is 2.22. The number of ether oxygens (including phenoxy) is 3. The van der Waals surface area contributed by atoms with Gasteiger partial charge in [-0.05, 0) is 31.0 Å². The Kier molecular flexibility index (Phi) is 5.19. The van der Waals surface area contributed by atoms with Gasteiger partial charge in [0, 0.05) is 18.6 Å². The molecule has 1 heterocycles. The monoisotopic (exact) mass is 265 g/mol. The highest BCUT2D eigenvalue weighted by molar-refractivity contribution is 5.30. The van der Waals surface area contributed by atoms with E-state index in [1.807, 2.05) is 31.2 Å². The van der Waals surface area contributed by atoms with Crippen LogP contribution in [0.2, 0.25) is 0 Å². The highest BCUT2D eigenvalue weighted by Crippen LogP contribution is 2.26. The van der Waals surface area contributed by atoms with Crippen LogP contribution in [0, 0.1) is 5.92 Å². The molecule has 2 rings (SSSR count). The minimum atomic E-state index is -0.101. The Hall–Kier alpha value is -1.10. The fourth-order valence-electron chi connectivity index (χ4n) is 2.32. The van der Waals surface area contributed by atoms with E-state index in [0.717, 1.165) is 30.9 Å². The zero-order valence-electron chi connectivity index (χ0n) is 11.7. The second-order valence-electron chi connectivity index (χ2n) is 5.12. The van der Waals surface area contributed by atoms with Gasteiger partial charge in [-0.3, -0.25) is 0 Å². The highest BCUT2D eigenvalue weighted by atomic mass is 16.5. The normalized spacial score (nSPS) is 22.2. The van der Waals surface area contributed by atoms with Crippen molar-refractivity contribution in [1.29, 1.82) is 0 Å². The molecule has 1 aliphatic heterocycles. The molecule has 3 atom stereocenters. The van der Waals surface area contributed by atoms with E-state index in [-0.39, 0.29) is 12.1 Å². The lowest BCUT2D eigenvalue weighted by Crippen LogP contribution is -2.28. The van der Waals surface area contributed by atoms with Crippen LogP contribution >= 0.6 is 0 Å². The van der Waals surface area contributed by atoms with Crippen LogP contribution in [0.25, 0.3) is 0 Å². The van der Waals surface area contributed by atoms with Gasteiger partial charge in [0.2, 0.25) is 0 Å². The van der Waals surface area contributed by atoms with Crippen LogP contribution in [-0.2, 0) is 9.47 Å². The van der Waals surface area contributed by atoms with Crippen molar-refractivity contribution in [3.8, 4) is 5.75 Å². The molecule has 0 aliphatic carbocycles. The molecule has 0 saturated carbocycles. The number of nitrogens with two attached hydrogens (primary N) is 1. The molecule has 0 bridgehead atoms. The van der Waals surface area contributed by atoms with Crippen LogP contribution in [0.3, 0.4) is 0 Å². The van der Waals surface area contributed by atoms with Gasteiger partial charge in [-0.15, -0.1) is 0 Å².